The molecule has 0 saturated heterocycles. The van der Waals surface area contributed by atoms with Crippen LogP contribution in [0.1, 0.15) is 48.8 Å². The lowest BCUT2D eigenvalue weighted by Gasteiger charge is -2.17. The van der Waals surface area contributed by atoms with Gasteiger partial charge in [0, 0.05) is 0 Å². The zero-order valence-electron chi connectivity index (χ0n) is 10.3. The Morgan fingerprint density at radius 3 is 2.62 bits per heavy atom. The van der Waals surface area contributed by atoms with E-state index in [2.05, 4.69) is 32.0 Å². The molecule has 0 saturated carbocycles. The lowest BCUT2D eigenvalue weighted by molar-refractivity contribution is -0.137. The summed E-state index contributed by atoms with van der Waals surface area (Å²) in [5.41, 5.74) is 3.60. The van der Waals surface area contributed by atoms with E-state index in [9.17, 15) is 4.79 Å². The number of aryl methyl sites for hydroxylation is 2. The fourth-order valence-corrected chi connectivity index (χ4v) is 2.13. The molecule has 0 fully saturated rings. The van der Waals surface area contributed by atoms with Gasteiger partial charge >= 0.3 is 5.97 Å². The first kappa shape index (κ1) is 12.8. The molecule has 0 aromatic heterocycles. The number of carboxylic acids is 1. The Hall–Kier alpha value is -1.31. The van der Waals surface area contributed by atoms with Crippen LogP contribution in [0.3, 0.4) is 0 Å². The number of hydrogen-bond donors (Lipinski definition) is 1. The van der Waals surface area contributed by atoms with E-state index in [1.54, 1.807) is 0 Å². The smallest absolute Gasteiger partial charge is 0.303 e. The molecule has 1 rings (SSSR count). The van der Waals surface area contributed by atoms with E-state index in [0.717, 1.165) is 12.8 Å². The molecule has 16 heavy (non-hydrogen) atoms. The summed E-state index contributed by atoms with van der Waals surface area (Å²) in [4.78, 5) is 10.9. The van der Waals surface area contributed by atoms with Gasteiger partial charge in [0.2, 0.25) is 0 Å². The van der Waals surface area contributed by atoms with Crippen molar-refractivity contribution in [3.8, 4) is 0 Å². The molecule has 2 heteroatoms. The van der Waals surface area contributed by atoms with Crippen LogP contribution in [0.2, 0.25) is 0 Å². The Morgan fingerprint density at radius 2 is 2.06 bits per heavy atom. The molecular formula is C14H20O2. The molecule has 0 spiro atoms. The lowest BCUT2D eigenvalue weighted by atomic mass is 9.87. The van der Waals surface area contributed by atoms with E-state index in [0.29, 0.717) is 0 Å². The third-order valence-corrected chi connectivity index (χ3v) is 2.93. The van der Waals surface area contributed by atoms with Crippen molar-refractivity contribution in [2.45, 2.75) is 46.0 Å². The van der Waals surface area contributed by atoms with E-state index in [4.69, 9.17) is 5.11 Å². The van der Waals surface area contributed by atoms with E-state index >= 15 is 0 Å². The third kappa shape index (κ3) is 3.37. The van der Waals surface area contributed by atoms with E-state index in [-0.39, 0.29) is 12.3 Å². The Bertz CT molecular complexity index is 369. The van der Waals surface area contributed by atoms with Crippen LogP contribution >= 0.6 is 0 Å². The summed E-state index contributed by atoms with van der Waals surface area (Å²) in [5.74, 6) is -0.554. The highest BCUT2D eigenvalue weighted by Crippen LogP contribution is 2.28. The van der Waals surface area contributed by atoms with Crippen molar-refractivity contribution in [2.75, 3.05) is 0 Å². The Morgan fingerprint density at radius 1 is 1.38 bits per heavy atom. The summed E-state index contributed by atoms with van der Waals surface area (Å²) in [5, 5.41) is 8.93. The summed E-state index contributed by atoms with van der Waals surface area (Å²) >= 11 is 0. The van der Waals surface area contributed by atoms with Crippen molar-refractivity contribution >= 4 is 5.97 Å². The third-order valence-electron chi connectivity index (χ3n) is 2.93. The van der Waals surface area contributed by atoms with Crippen LogP contribution < -0.4 is 0 Å². The minimum Gasteiger partial charge on any atom is -0.481 e. The van der Waals surface area contributed by atoms with Crippen LogP contribution in [0.4, 0.5) is 0 Å². The van der Waals surface area contributed by atoms with Crippen molar-refractivity contribution in [1.82, 2.24) is 0 Å². The van der Waals surface area contributed by atoms with Gasteiger partial charge in [0.15, 0.2) is 0 Å². The van der Waals surface area contributed by atoms with E-state index in [1.165, 1.54) is 16.7 Å². The number of carboxylic acid groups (broad SMARTS) is 1. The van der Waals surface area contributed by atoms with Crippen LogP contribution in [0.25, 0.3) is 0 Å². The molecule has 1 aromatic carbocycles. The second-order valence-corrected chi connectivity index (χ2v) is 4.44. The van der Waals surface area contributed by atoms with Crippen LogP contribution in [0.15, 0.2) is 18.2 Å². The van der Waals surface area contributed by atoms with Gasteiger partial charge in [0.05, 0.1) is 6.42 Å². The van der Waals surface area contributed by atoms with Gasteiger partial charge in [-0.15, -0.1) is 0 Å². The molecule has 0 aliphatic heterocycles. The van der Waals surface area contributed by atoms with Gasteiger partial charge in [-0.05, 0) is 37.3 Å². The van der Waals surface area contributed by atoms with Gasteiger partial charge in [-0.1, -0.05) is 37.1 Å². The van der Waals surface area contributed by atoms with Crippen LogP contribution in [-0.2, 0) is 4.79 Å². The predicted molar refractivity (Wildman–Crippen MR) is 65.8 cm³/mol. The molecule has 0 heterocycles. The molecule has 0 bridgehead atoms. The zero-order valence-corrected chi connectivity index (χ0v) is 10.3. The molecule has 1 aromatic rings. The molecule has 1 unspecified atom stereocenters. The largest absolute Gasteiger partial charge is 0.481 e. The van der Waals surface area contributed by atoms with Crippen LogP contribution in [0.5, 0.6) is 0 Å². The highest BCUT2D eigenvalue weighted by Gasteiger charge is 2.16. The Balaban J connectivity index is 2.99. The van der Waals surface area contributed by atoms with Crippen molar-refractivity contribution in [2.24, 2.45) is 0 Å². The normalized spacial score (nSPS) is 12.4. The average Bonchev–Trinajstić information content (AvgIpc) is 2.20. The van der Waals surface area contributed by atoms with Gasteiger partial charge in [-0.2, -0.15) is 0 Å². The first-order chi connectivity index (χ1) is 7.54. The van der Waals surface area contributed by atoms with Crippen molar-refractivity contribution in [1.29, 1.82) is 0 Å². The molecule has 1 atom stereocenters. The van der Waals surface area contributed by atoms with Crippen LogP contribution in [-0.4, -0.2) is 11.1 Å². The second-order valence-electron chi connectivity index (χ2n) is 4.44. The molecule has 0 amide bonds. The summed E-state index contributed by atoms with van der Waals surface area (Å²) in [6.07, 6.45) is 2.19. The van der Waals surface area contributed by atoms with Gasteiger partial charge in [-0.25, -0.2) is 0 Å². The summed E-state index contributed by atoms with van der Waals surface area (Å²) in [6, 6.07) is 6.27. The van der Waals surface area contributed by atoms with Crippen LogP contribution in [0, 0.1) is 13.8 Å². The molecule has 1 N–H and O–H groups in total. The van der Waals surface area contributed by atoms with Gasteiger partial charge < -0.3 is 5.11 Å². The fraction of sp³-hybridized carbons (Fsp3) is 0.500. The van der Waals surface area contributed by atoms with Gasteiger partial charge in [-0.3, -0.25) is 4.79 Å². The highest BCUT2D eigenvalue weighted by atomic mass is 16.4. The minimum atomic E-state index is -0.709. The number of hydrogen-bond acceptors (Lipinski definition) is 1. The molecule has 0 radical (unpaired) electrons. The molecule has 0 aliphatic carbocycles. The number of rotatable bonds is 5. The second kappa shape index (κ2) is 5.69. The Kier molecular flexibility index (Phi) is 4.53. The SMILES string of the molecule is CCCC(CC(=O)O)c1cc(C)ccc1C. The monoisotopic (exact) mass is 220 g/mol. The minimum absolute atomic E-state index is 0.155. The van der Waals surface area contributed by atoms with E-state index < -0.39 is 5.97 Å². The summed E-state index contributed by atoms with van der Waals surface area (Å²) in [7, 11) is 0. The highest BCUT2D eigenvalue weighted by molar-refractivity contribution is 5.68. The maximum atomic E-state index is 10.9. The van der Waals surface area contributed by atoms with Crippen molar-refractivity contribution < 1.29 is 9.90 Å². The van der Waals surface area contributed by atoms with Gasteiger partial charge in [0.25, 0.3) is 0 Å². The number of benzene rings is 1. The van der Waals surface area contributed by atoms with E-state index in [1.807, 2.05) is 6.92 Å². The number of aliphatic carboxylic acids is 1. The fourth-order valence-electron chi connectivity index (χ4n) is 2.13. The quantitative estimate of drug-likeness (QED) is 0.822. The molecule has 0 aliphatic rings. The standard InChI is InChI=1S/C14H20O2/c1-4-5-12(9-14(15)16)13-8-10(2)6-7-11(13)3/h6-8,12H,4-5,9H2,1-3H3,(H,15,16). The van der Waals surface area contributed by atoms with Crippen molar-refractivity contribution in [3.05, 3.63) is 34.9 Å². The van der Waals surface area contributed by atoms with Crippen molar-refractivity contribution in [3.63, 3.8) is 0 Å². The number of carbonyl (C=O) groups is 1. The maximum absolute atomic E-state index is 10.9. The topological polar surface area (TPSA) is 37.3 Å². The lowest BCUT2D eigenvalue weighted by Crippen LogP contribution is -2.08. The first-order valence-corrected chi connectivity index (χ1v) is 5.83. The summed E-state index contributed by atoms with van der Waals surface area (Å²) in [6.45, 7) is 6.20. The molecular weight excluding hydrogens is 200 g/mol. The first-order valence-electron chi connectivity index (χ1n) is 5.83. The molecule has 2 nitrogen and oxygen atoms in total. The van der Waals surface area contributed by atoms with Gasteiger partial charge in [0.1, 0.15) is 0 Å². The zero-order chi connectivity index (χ0) is 12.1. The maximum Gasteiger partial charge on any atom is 0.303 e. The Labute approximate surface area is 97.3 Å². The predicted octanol–water partition coefficient (Wildman–Crippen LogP) is 3.66. The molecule has 88 valence electrons. The summed E-state index contributed by atoms with van der Waals surface area (Å²) < 4.78 is 0. The average molecular weight is 220 g/mol.